The number of nitrogens with one attached hydrogen (secondary N) is 4. The molecule has 36 heavy (non-hydrogen) atoms. The van der Waals surface area contributed by atoms with Crippen molar-refractivity contribution < 1.29 is 27.2 Å². The Morgan fingerprint density at radius 3 is 2.64 bits per heavy atom. The van der Waals surface area contributed by atoms with E-state index < -0.39 is 33.5 Å². The van der Waals surface area contributed by atoms with Crippen molar-refractivity contribution >= 4 is 50.6 Å². The zero-order valence-corrected chi connectivity index (χ0v) is 21.9. The zero-order valence-electron chi connectivity index (χ0n) is 20.3. The number of fused-ring (bicyclic) bond motifs is 1. The van der Waals surface area contributed by atoms with Crippen LogP contribution in [0.15, 0.2) is 18.2 Å². The second-order valence-electron chi connectivity index (χ2n) is 8.83. The van der Waals surface area contributed by atoms with Gasteiger partial charge in [0.25, 0.3) is 5.91 Å². The fourth-order valence-electron chi connectivity index (χ4n) is 4.46. The van der Waals surface area contributed by atoms with Crippen molar-refractivity contribution in [1.82, 2.24) is 29.5 Å². The standard InChI is InChI=1S/C22H30ClFN6O5S/c1-14(31)26-10-4-8-22(9-5-11-30(13-22)36(34,35)28-21(33)25-2)27-20(32)18-12-15-17(29(18)3)7-6-16(24)19(15)23/h6-7,12H,4-5,8-11,13H2,1-3H3,(H,26,31)(H,27,32)(H2,25,28,33). The maximum Gasteiger partial charge on any atom is 0.329 e. The molecule has 14 heteroatoms. The predicted octanol–water partition coefficient (Wildman–Crippen LogP) is 1.63. The molecule has 11 nitrogen and oxygen atoms in total. The number of carbonyl (C=O) groups excluding carboxylic acids is 3. The Bertz CT molecular complexity index is 1280. The maximum atomic E-state index is 14.0. The largest absolute Gasteiger partial charge is 0.356 e. The fourth-order valence-corrected chi connectivity index (χ4v) is 5.93. The number of halogens is 2. The number of rotatable bonds is 8. The maximum absolute atomic E-state index is 14.0. The average Bonchev–Trinajstić information content (AvgIpc) is 3.16. The lowest BCUT2D eigenvalue weighted by Gasteiger charge is -2.42. The van der Waals surface area contributed by atoms with Crippen LogP contribution < -0.4 is 20.7 Å². The molecule has 1 saturated heterocycles. The Balaban J connectivity index is 1.90. The molecule has 1 fully saturated rings. The van der Waals surface area contributed by atoms with Crippen molar-refractivity contribution in [3.05, 3.63) is 34.7 Å². The lowest BCUT2D eigenvalue weighted by atomic mass is 9.85. The van der Waals surface area contributed by atoms with Gasteiger partial charge in [-0.2, -0.15) is 12.7 Å². The first-order valence-electron chi connectivity index (χ1n) is 11.4. The van der Waals surface area contributed by atoms with Crippen molar-refractivity contribution in [2.24, 2.45) is 7.05 Å². The zero-order chi connectivity index (χ0) is 26.7. The van der Waals surface area contributed by atoms with Gasteiger partial charge in [-0.15, -0.1) is 0 Å². The van der Waals surface area contributed by atoms with E-state index in [2.05, 4.69) is 16.0 Å². The molecule has 4 amide bonds. The van der Waals surface area contributed by atoms with Gasteiger partial charge < -0.3 is 20.5 Å². The fraction of sp³-hybridized carbons (Fsp3) is 0.500. The third-order valence-corrected chi connectivity index (χ3v) is 8.08. The molecule has 1 aliphatic heterocycles. The van der Waals surface area contributed by atoms with Crippen LogP contribution in [-0.2, 0) is 22.1 Å². The van der Waals surface area contributed by atoms with Crippen LogP contribution in [0, 0.1) is 5.82 Å². The molecule has 1 aromatic carbocycles. The van der Waals surface area contributed by atoms with Crippen LogP contribution >= 0.6 is 11.6 Å². The van der Waals surface area contributed by atoms with Crippen molar-refractivity contribution in [2.45, 2.75) is 38.1 Å². The quantitative estimate of drug-likeness (QED) is 0.374. The molecule has 1 unspecified atom stereocenters. The number of hydrogen-bond donors (Lipinski definition) is 4. The lowest BCUT2D eigenvalue weighted by molar-refractivity contribution is -0.119. The molecule has 0 saturated carbocycles. The molecule has 3 rings (SSSR count). The molecular weight excluding hydrogens is 515 g/mol. The van der Waals surface area contributed by atoms with Gasteiger partial charge in [0.1, 0.15) is 11.5 Å². The van der Waals surface area contributed by atoms with E-state index in [0.717, 1.165) is 4.31 Å². The minimum absolute atomic E-state index is 0.0789. The number of aryl methyl sites for hydroxylation is 1. The average molecular weight is 545 g/mol. The van der Waals surface area contributed by atoms with Crippen molar-refractivity contribution in [3.8, 4) is 0 Å². The van der Waals surface area contributed by atoms with Gasteiger partial charge in [0.15, 0.2) is 0 Å². The summed E-state index contributed by atoms with van der Waals surface area (Å²) in [6, 6.07) is 3.36. The van der Waals surface area contributed by atoms with E-state index in [4.69, 9.17) is 11.6 Å². The van der Waals surface area contributed by atoms with E-state index >= 15 is 0 Å². The summed E-state index contributed by atoms with van der Waals surface area (Å²) >= 11 is 6.10. The van der Waals surface area contributed by atoms with E-state index in [0.29, 0.717) is 43.1 Å². The summed E-state index contributed by atoms with van der Waals surface area (Å²) in [5, 5.41) is 8.19. The highest BCUT2D eigenvalue weighted by Gasteiger charge is 2.41. The van der Waals surface area contributed by atoms with Gasteiger partial charge in [-0.3, -0.25) is 9.59 Å². The van der Waals surface area contributed by atoms with E-state index in [1.165, 1.54) is 32.2 Å². The van der Waals surface area contributed by atoms with Gasteiger partial charge in [-0.25, -0.2) is 13.9 Å². The second kappa shape index (κ2) is 11.0. The molecule has 1 atom stereocenters. The summed E-state index contributed by atoms with van der Waals surface area (Å²) in [5.41, 5.74) is -0.187. The molecule has 4 N–H and O–H groups in total. The predicted molar refractivity (Wildman–Crippen MR) is 133 cm³/mol. The molecule has 198 valence electrons. The molecular formula is C22H30ClFN6O5S. The van der Waals surface area contributed by atoms with E-state index in [1.54, 1.807) is 11.6 Å². The van der Waals surface area contributed by atoms with Gasteiger partial charge in [0, 0.05) is 46.0 Å². The number of carbonyl (C=O) groups is 3. The number of hydrogen-bond acceptors (Lipinski definition) is 5. The van der Waals surface area contributed by atoms with Gasteiger partial charge >= 0.3 is 16.2 Å². The topological polar surface area (TPSA) is 142 Å². The summed E-state index contributed by atoms with van der Waals surface area (Å²) in [4.78, 5) is 36.4. The van der Waals surface area contributed by atoms with Crippen LogP contribution in [0.3, 0.4) is 0 Å². The normalized spacial score (nSPS) is 18.6. The number of aromatic nitrogens is 1. The molecule has 2 heterocycles. The third-order valence-electron chi connectivity index (χ3n) is 6.26. The summed E-state index contributed by atoms with van der Waals surface area (Å²) in [6.07, 6.45) is 1.75. The van der Waals surface area contributed by atoms with Gasteiger partial charge in [0.05, 0.1) is 16.1 Å². The first-order chi connectivity index (χ1) is 16.9. The Kier molecular flexibility index (Phi) is 8.47. The summed E-state index contributed by atoms with van der Waals surface area (Å²) in [5.74, 6) is -1.29. The number of urea groups is 1. The summed E-state index contributed by atoms with van der Waals surface area (Å²) in [7, 11) is -1.21. The number of amides is 4. The van der Waals surface area contributed by atoms with Gasteiger partial charge in [-0.1, -0.05) is 11.6 Å². The van der Waals surface area contributed by atoms with E-state index in [9.17, 15) is 27.2 Å². The Morgan fingerprint density at radius 2 is 1.97 bits per heavy atom. The molecule has 0 aliphatic carbocycles. The van der Waals surface area contributed by atoms with E-state index in [-0.39, 0.29) is 29.7 Å². The minimum atomic E-state index is -4.16. The molecule has 1 aliphatic rings. The number of piperidine rings is 1. The molecule has 1 aromatic heterocycles. The Morgan fingerprint density at radius 1 is 1.25 bits per heavy atom. The summed E-state index contributed by atoms with van der Waals surface area (Å²) in [6.45, 7) is 1.83. The molecule has 2 aromatic rings. The Labute approximate surface area is 213 Å². The number of benzene rings is 1. The van der Waals surface area contributed by atoms with Gasteiger partial charge in [0.2, 0.25) is 5.91 Å². The minimum Gasteiger partial charge on any atom is -0.356 e. The monoisotopic (exact) mass is 544 g/mol. The van der Waals surface area contributed by atoms with Gasteiger partial charge in [-0.05, 0) is 43.9 Å². The van der Waals surface area contributed by atoms with Crippen LogP contribution in [0.5, 0.6) is 0 Å². The van der Waals surface area contributed by atoms with Crippen molar-refractivity contribution in [2.75, 3.05) is 26.7 Å². The second-order valence-corrected chi connectivity index (χ2v) is 10.9. The highest BCUT2D eigenvalue weighted by atomic mass is 35.5. The van der Waals surface area contributed by atoms with Crippen LogP contribution in [0.4, 0.5) is 9.18 Å². The molecule has 0 radical (unpaired) electrons. The number of nitrogens with zero attached hydrogens (tertiary/aromatic N) is 2. The van der Waals surface area contributed by atoms with E-state index in [1.807, 2.05) is 4.72 Å². The SMILES string of the molecule is CNC(=O)NS(=O)(=O)N1CCCC(CCCNC(C)=O)(NC(=O)c2cc3c(Cl)c(F)ccc3n2C)C1. The van der Waals surface area contributed by atoms with Crippen LogP contribution in [0.25, 0.3) is 10.9 Å². The van der Waals surface area contributed by atoms with Crippen LogP contribution in [0.2, 0.25) is 5.02 Å². The third kappa shape index (κ3) is 6.08. The molecule has 0 spiro atoms. The Hall–Kier alpha value is -2.90. The first kappa shape index (κ1) is 27.7. The smallest absolute Gasteiger partial charge is 0.329 e. The lowest BCUT2D eigenvalue weighted by Crippen LogP contribution is -2.61. The van der Waals surface area contributed by atoms with Crippen LogP contribution in [-0.4, -0.2) is 67.4 Å². The van der Waals surface area contributed by atoms with Crippen molar-refractivity contribution in [1.29, 1.82) is 0 Å². The first-order valence-corrected chi connectivity index (χ1v) is 13.2. The van der Waals surface area contributed by atoms with Crippen molar-refractivity contribution in [3.63, 3.8) is 0 Å². The molecule has 0 bridgehead atoms. The highest BCUT2D eigenvalue weighted by molar-refractivity contribution is 7.87. The van der Waals surface area contributed by atoms with Crippen LogP contribution in [0.1, 0.15) is 43.1 Å². The summed E-state index contributed by atoms with van der Waals surface area (Å²) < 4.78 is 44.2. The highest BCUT2D eigenvalue weighted by Crippen LogP contribution is 2.31.